The van der Waals surface area contributed by atoms with Gasteiger partial charge in [-0.2, -0.15) is 0 Å². The third kappa shape index (κ3) is 2.02. The van der Waals surface area contributed by atoms with Crippen LogP contribution in [-0.2, 0) is 0 Å². The Morgan fingerprint density at radius 2 is 1.78 bits per heavy atom. The fourth-order valence-electron chi connectivity index (χ4n) is 1.93. The molecule has 3 heteroatoms. The molecule has 1 heterocycles. The maximum Gasteiger partial charge on any atom is 0.125 e. The second kappa shape index (κ2) is 4.45. The molecule has 0 aliphatic rings. The molecule has 3 rings (SSSR count). The Labute approximate surface area is 104 Å². The van der Waals surface area contributed by atoms with E-state index in [0.29, 0.717) is 5.69 Å². The lowest BCUT2D eigenvalue weighted by molar-refractivity contribution is 0.628. The number of halogens is 1. The van der Waals surface area contributed by atoms with E-state index >= 15 is 0 Å². The topological polar surface area (TPSA) is 24.9 Å². The van der Waals surface area contributed by atoms with Gasteiger partial charge in [-0.05, 0) is 30.3 Å². The zero-order chi connectivity index (χ0) is 12.4. The quantitative estimate of drug-likeness (QED) is 0.726. The Balaban J connectivity index is 2.05. The van der Waals surface area contributed by atoms with Gasteiger partial charge in [-0.25, -0.2) is 4.39 Å². The second-order valence-electron chi connectivity index (χ2n) is 4.02. The first kappa shape index (κ1) is 10.7. The molecule has 88 valence electrons. The molecule has 0 saturated carbocycles. The van der Waals surface area contributed by atoms with Crippen LogP contribution < -0.4 is 5.32 Å². The summed E-state index contributed by atoms with van der Waals surface area (Å²) in [6.07, 6.45) is 1.75. The van der Waals surface area contributed by atoms with Crippen molar-refractivity contribution in [3.8, 4) is 0 Å². The first-order chi connectivity index (χ1) is 8.83. The van der Waals surface area contributed by atoms with Crippen molar-refractivity contribution in [2.75, 3.05) is 5.32 Å². The van der Waals surface area contributed by atoms with Crippen molar-refractivity contribution in [3.63, 3.8) is 0 Å². The first-order valence-electron chi connectivity index (χ1n) is 5.69. The van der Waals surface area contributed by atoms with E-state index in [1.54, 1.807) is 12.3 Å². The molecular weight excluding hydrogens is 227 g/mol. The van der Waals surface area contributed by atoms with Gasteiger partial charge in [0, 0.05) is 17.3 Å². The van der Waals surface area contributed by atoms with Crippen LogP contribution in [0, 0.1) is 5.82 Å². The molecule has 1 aromatic heterocycles. The van der Waals surface area contributed by atoms with Gasteiger partial charge in [0.05, 0.1) is 11.2 Å². The van der Waals surface area contributed by atoms with Crippen LogP contribution in [0.4, 0.5) is 15.8 Å². The lowest BCUT2D eigenvalue weighted by Crippen LogP contribution is -1.93. The van der Waals surface area contributed by atoms with Crippen LogP contribution in [0.3, 0.4) is 0 Å². The minimum atomic E-state index is -0.256. The van der Waals surface area contributed by atoms with Gasteiger partial charge >= 0.3 is 0 Å². The second-order valence-corrected chi connectivity index (χ2v) is 4.02. The molecule has 3 aromatic rings. The van der Waals surface area contributed by atoms with Gasteiger partial charge in [0.2, 0.25) is 0 Å². The highest BCUT2D eigenvalue weighted by molar-refractivity contribution is 5.91. The van der Waals surface area contributed by atoms with Gasteiger partial charge in [-0.3, -0.25) is 4.98 Å². The molecule has 0 fully saturated rings. The smallest absolute Gasteiger partial charge is 0.125 e. The number of pyridine rings is 1. The van der Waals surface area contributed by atoms with E-state index in [1.807, 2.05) is 36.4 Å². The summed E-state index contributed by atoms with van der Waals surface area (Å²) in [5.74, 6) is -0.256. The number of para-hydroxylation sites is 1. The molecule has 0 atom stereocenters. The summed E-state index contributed by atoms with van der Waals surface area (Å²) in [6.45, 7) is 0. The number of nitrogens with one attached hydrogen (secondary N) is 1. The number of aromatic nitrogens is 1. The first-order valence-corrected chi connectivity index (χ1v) is 5.69. The van der Waals surface area contributed by atoms with E-state index in [9.17, 15) is 4.39 Å². The predicted molar refractivity (Wildman–Crippen MR) is 71.4 cm³/mol. The van der Waals surface area contributed by atoms with Crippen molar-refractivity contribution < 1.29 is 4.39 Å². The molecule has 1 N–H and O–H groups in total. The number of fused-ring (bicyclic) bond motifs is 1. The molecule has 18 heavy (non-hydrogen) atoms. The average Bonchev–Trinajstić information content (AvgIpc) is 2.39. The minimum absolute atomic E-state index is 0.256. The van der Waals surface area contributed by atoms with Crippen LogP contribution in [0.5, 0.6) is 0 Å². The normalized spacial score (nSPS) is 10.5. The van der Waals surface area contributed by atoms with Crippen molar-refractivity contribution in [3.05, 3.63) is 66.6 Å². The molecule has 0 bridgehead atoms. The van der Waals surface area contributed by atoms with Gasteiger partial charge in [0.15, 0.2) is 0 Å². The zero-order valence-corrected chi connectivity index (χ0v) is 9.60. The molecule has 0 aliphatic heterocycles. The third-order valence-corrected chi connectivity index (χ3v) is 2.74. The van der Waals surface area contributed by atoms with E-state index < -0.39 is 0 Å². The Hall–Kier alpha value is -2.42. The van der Waals surface area contributed by atoms with Crippen molar-refractivity contribution >= 4 is 22.3 Å². The van der Waals surface area contributed by atoms with E-state index in [4.69, 9.17) is 0 Å². The maximum atomic E-state index is 13.1. The van der Waals surface area contributed by atoms with Crippen LogP contribution in [0.25, 0.3) is 10.9 Å². The summed E-state index contributed by atoms with van der Waals surface area (Å²) in [6, 6.07) is 16.2. The summed E-state index contributed by atoms with van der Waals surface area (Å²) in [7, 11) is 0. The number of anilines is 2. The number of hydrogen-bond acceptors (Lipinski definition) is 2. The Morgan fingerprint density at radius 1 is 0.944 bits per heavy atom. The summed E-state index contributed by atoms with van der Waals surface area (Å²) >= 11 is 0. The van der Waals surface area contributed by atoms with Gasteiger partial charge < -0.3 is 5.32 Å². The van der Waals surface area contributed by atoms with Crippen molar-refractivity contribution in [1.29, 1.82) is 0 Å². The SMILES string of the molecule is Fc1cccc(Nc2cccc3cccnc23)c1. The largest absolute Gasteiger partial charge is 0.354 e. The van der Waals surface area contributed by atoms with Gasteiger partial charge in [-0.15, -0.1) is 0 Å². The van der Waals surface area contributed by atoms with Crippen LogP contribution in [0.2, 0.25) is 0 Å². The molecule has 2 nitrogen and oxygen atoms in total. The molecule has 0 spiro atoms. The van der Waals surface area contributed by atoms with Crippen LogP contribution in [0.15, 0.2) is 60.8 Å². The van der Waals surface area contributed by atoms with Gasteiger partial charge in [0.25, 0.3) is 0 Å². The lowest BCUT2D eigenvalue weighted by Gasteiger charge is -2.08. The minimum Gasteiger partial charge on any atom is -0.354 e. The molecular formula is C15H11FN2. The highest BCUT2D eigenvalue weighted by atomic mass is 19.1. The van der Waals surface area contributed by atoms with E-state index in [-0.39, 0.29) is 5.82 Å². The summed E-state index contributed by atoms with van der Waals surface area (Å²) in [4.78, 5) is 4.34. The highest BCUT2D eigenvalue weighted by Crippen LogP contribution is 2.24. The van der Waals surface area contributed by atoms with E-state index in [0.717, 1.165) is 16.6 Å². The van der Waals surface area contributed by atoms with E-state index in [1.165, 1.54) is 12.1 Å². The fraction of sp³-hybridized carbons (Fsp3) is 0. The summed E-state index contributed by atoms with van der Waals surface area (Å²) < 4.78 is 13.1. The average molecular weight is 238 g/mol. The maximum absolute atomic E-state index is 13.1. The van der Waals surface area contributed by atoms with Gasteiger partial charge in [-0.1, -0.05) is 24.3 Å². The van der Waals surface area contributed by atoms with Crippen molar-refractivity contribution in [2.45, 2.75) is 0 Å². The molecule has 0 unspecified atom stereocenters. The molecule has 0 aliphatic carbocycles. The molecule has 0 saturated heterocycles. The zero-order valence-electron chi connectivity index (χ0n) is 9.60. The van der Waals surface area contributed by atoms with Crippen LogP contribution in [0.1, 0.15) is 0 Å². The van der Waals surface area contributed by atoms with Gasteiger partial charge in [0.1, 0.15) is 5.82 Å². The van der Waals surface area contributed by atoms with Crippen LogP contribution >= 0.6 is 0 Å². The number of rotatable bonds is 2. The van der Waals surface area contributed by atoms with E-state index in [2.05, 4.69) is 10.3 Å². The Bertz CT molecular complexity index is 689. The van der Waals surface area contributed by atoms with Crippen molar-refractivity contribution in [1.82, 2.24) is 4.98 Å². The molecule has 2 aromatic carbocycles. The highest BCUT2D eigenvalue weighted by Gasteiger charge is 2.02. The lowest BCUT2D eigenvalue weighted by atomic mass is 10.2. The standard InChI is InChI=1S/C15H11FN2/c16-12-6-2-7-13(10-12)18-14-8-1-4-11-5-3-9-17-15(11)14/h1-10,18H. The van der Waals surface area contributed by atoms with Crippen LogP contribution in [-0.4, -0.2) is 4.98 Å². The van der Waals surface area contributed by atoms with Crippen molar-refractivity contribution in [2.24, 2.45) is 0 Å². The molecule has 0 amide bonds. The summed E-state index contributed by atoms with van der Waals surface area (Å²) in [5.41, 5.74) is 2.47. The molecule has 0 radical (unpaired) electrons. The Kier molecular flexibility index (Phi) is 2.65. The third-order valence-electron chi connectivity index (χ3n) is 2.74. The summed E-state index contributed by atoms with van der Waals surface area (Å²) in [5, 5.41) is 4.24. The predicted octanol–water partition coefficient (Wildman–Crippen LogP) is 4.12. The monoisotopic (exact) mass is 238 g/mol. The number of nitrogens with zero attached hydrogens (tertiary/aromatic N) is 1. The number of hydrogen-bond donors (Lipinski definition) is 1. The Morgan fingerprint density at radius 3 is 2.67 bits per heavy atom. The number of benzene rings is 2. The fourth-order valence-corrected chi connectivity index (χ4v) is 1.93.